The van der Waals surface area contributed by atoms with Gasteiger partial charge in [-0.3, -0.25) is 24.1 Å². The number of fused-ring (bicyclic) bond motifs is 4. The summed E-state index contributed by atoms with van der Waals surface area (Å²) in [4.78, 5) is 63.1. The molecule has 4 aliphatic rings. The molecule has 1 N–H and O–H groups in total. The minimum absolute atomic E-state index is 0.140. The fourth-order valence-electron chi connectivity index (χ4n) is 10.0. The lowest BCUT2D eigenvalue weighted by molar-refractivity contribution is -0.135. The Morgan fingerprint density at radius 2 is 1.43 bits per heavy atom. The third-order valence-corrected chi connectivity index (χ3v) is 13.2. The number of benzene rings is 5. The first-order valence-electron chi connectivity index (χ1n) is 19.9. The van der Waals surface area contributed by atoms with Gasteiger partial charge < -0.3 is 14.7 Å². The molecule has 2 amide bonds. The zero-order valence-electron chi connectivity index (χ0n) is 33.2. The summed E-state index contributed by atoms with van der Waals surface area (Å²) in [6.45, 7) is 0. The van der Waals surface area contributed by atoms with Crippen LogP contribution in [0.4, 0.5) is 22.7 Å². The van der Waals surface area contributed by atoms with Gasteiger partial charge >= 0.3 is 0 Å². The highest BCUT2D eigenvalue weighted by molar-refractivity contribution is 9.10. The molecule has 0 radical (unpaired) electrons. The van der Waals surface area contributed by atoms with E-state index in [4.69, 9.17) is 4.74 Å². The minimum Gasteiger partial charge on any atom is -0.504 e. The number of aromatic hydroxyl groups is 1. The van der Waals surface area contributed by atoms with E-state index >= 15 is 9.59 Å². The Hall–Kier alpha value is -6.46. The average Bonchev–Trinajstić information content (AvgIpc) is 3.53. The van der Waals surface area contributed by atoms with Gasteiger partial charge in [-0.15, -0.1) is 0 Å². The number of amides is 2. The number of ketones is 2. The normalized spacial score (nSPS) is 24.7. The molecule has 6 atom stereocenters. The minimum atomic E-state index is -1.50. The van der Waals surface area contributed by atoms with Crippen molar-refractivity contribution < 1.29 is 29.0 Å². The van der Waals surface area contributed by atoms with Gasteiger partial charge in [0.25, 0.3) is 0 Å². The number of rotatable bonds is 8. The lowest BCUT2D eigenvalue weighted by atomic mass is 9.44. The second-order valence-corrected chi connectivity index (χ2v) is 16.9. The molecule has 10 nitrogen and oxygen atoms in total. The van der Waals surface area contributed by atoms with Crippen molar-refractivity contribution in [2.24, 2.45) is 33.9 Å². The molecule has 0 spiro atoms. The molecule has 2 fully saturated rings. The first-order chi connectivity index (χ1) is 29.0. The van der Waals surface area contributed by atoms with Gasteiger partial charge in [-0.25, -0.2) is 0 Å². The van der Waals surface area contributed by atoms with Gasteiger partial charge in [0.2, 0.25) is 11.8 Å². The second kappa shape index (κ2) is 15.3. The van der Waals surface area contributed by atoms with Crippen molar-refractivity contribution in [1.82, 2.24) is 0 Å². The molecule has 1 saturated heterocycles. The van der Waals surface area contributed by atoms with E-state index in [0.717, 1.165) is 11.3 Å². The van der Waals surface area contributed by atoms with Gasteiger partial charge in [0, 0.05) is 47.2 Å². The van der Waals surface area contributed by atoms with Gasteiger partial charge in [0.05, 0.1) is 41.4 Å². The molecule has 300 valence electrons. The average molecular weight is 862 g/mol. The molecule has 11 heteroatoms. The van der Waals surface area contributed by atoms with Gasteiger partial charge in [0.1, 0.15) is 0 Å². The fourth-order valence-corrected chi connectivity index (χ4v) is 10.5. The molecule has 5 aromatic carbocycles. The van der Waals surface area contributed by atoms with Crippen molar-refractivity contribution in [1.29, 1.82) is 0 Å². The smallest absolute Gasteiger partial charge is 0.238 e. The summed E-state index contributed by atoms with van der Waals surface area (Å²) in [7, 11) is 5.38. The van der Waals surface area contributed by atoms with Crippen LogP contribution in [0.1, 0.15) is 35.4 Å². The number of methoxy groups -OCH3 is 1. The monoisotopic (exact) mass is 860 g/mol. The van der Waals surface area contributed by atoms with Gasteiger partial charge in [-0.1, -0.05) is 88.2 Å². The quantitative estimate of drug-likeness (QED) is 0.0935. The molecule has 0 bridgehead atoms. The Bertz CT molecular complexity index is 2640. The Labute approximate surface area is 356 Å². The number of Topliss-reactive ketones (excluding diaryl/α,β-unsaturated/α-hetero) is 1. The number of halogens is 1. The number of hydrogen-bond donors (Lipinski definition) is 1. The van der Waals surface area contributed by atoms with Gasteiger partial charge in [-0.2, -0.15) is 10.2 Å². The lowest BCUT2D eigenvalue weighted by Gasteiger charge is -2.55. The molecule has 60 heavy (non-hydrogen) atoms. The van der Waals surface area contributed by atoms with Crippen LogP contribution in [-0.2, 0) is 24.6 Å². The van der Waals surface area contributed by atoms with Crippen LogP contribution >= 0.6 is 15.9 Å². The highest BCUT2D eigenvalue weighted by Crippen LogP contribution is 2.65. The summed E-state index contributed by atoms with van der Waals surface area (Å²) >= 11 is 3.61. The van der Waals surface area contributed by atoms with E-state index < -0.39 is 35.0 Å². The zero-order valence-corrected chi connectivity index (χ0v) is 34.7. The summed E-state index contributed by atoms with van der Waals surface area (Å²) in [6, 6.07) is 36.3. The predicted molar refractivity (Wildman–Crippen MR) is 233 cm³/mol. The fraction of sp³-hybridized carbons (Fsp3) is 0.224. The van der Waals surface area contributed by atoms with Crippen LogP contribution in [0, 0.1) is 23.7 Å². The molecule has 1 aliphatic heterocycles. The summed E-state index contributed by atoms with van der Waals surface area (Å²) in [6.07, 6.45) is 3.81. The molecule has 1 heterocycles. The number of phenols is 1. The Balaban J connectivity index is 1.14. The zero-order chi connectivity index (χ0) is 41.9. The highest BCUT2D eigenvalue weighted by atomic mass is 79.9. The molecular formula is C49H41BrN4O6. The largest absolute Gasteiger partial charge is 0.504 e. The maximum absolute atomic E-state index is 15.3. The number of carbonyl (C=O) groups is 4. The standard InChI is InChI=1S/C49H41BrN4O6/c1-53(2)33-18-14-31(15-19-33)51-52-32-16-20-34(21-17-32)54-47(58)36-23-22-35-38(43(36)48(54)59)26-40-45(56)37(28-10-6-4-7-11-28)27-42(55)49(40,29-12-8-5-9-13-29)44(35)39-24-30(50)25-41(60-3)46(39)57/h4-22,24-25,27,36,38,40,43-44,57H,23,26H2,1-3H3/t36-,38+,40-,43-,44+,49-/m0/s1. The number of hydrogen-bond acceptors (Lipinski definition) is 9. The van der Waals surface area contributed by atoms with E-state index in [0.29, 0.717) is 43.8 Å². The maximum atomic E-state index is 15.3. The van der Waals surface area contributed by atoms with Crippen LogP contribution in [0.2, 0.25) is 0 Å². The molecule has 9 rings (SSSR count). The van der Waals surface area contributed by atoms with Crippen molar-refractivity contribution in [3.8, 4) is 11.5 Å². The third-order valence-electron chi connectivity index (χ3n) is 12.7. The number of allylic oxidation sites excluding steroid dienone is 4. The van der Waals surface area contributed by atoms with Crippen molar-refractivity contribution >= 4 is 67.6 Å². The number of carbonyl (C=O) groups excluding carboxylic acids is 4. The predicted octanol–water partition coefficient (Wildman–Crippen LogP) is 9.67. The van der Waals surface area contributed by atoms with Gasteiger partial charge in [0.15, 0.2) is 23.1 Å². The topological polar surface area (TPSA) is 129 Å². The number of ether oxygens (including phenoxy) is 1. The molecule has 0 unspecified atom stereocenters. The van der Waals surface area contributed by atoms with Crippen molar-refractivity contribution in [2.75, 3.05) is 31.0 Å². The molecule has 0 aromatic heterocycles. The van der Waals surface area contributed by atoms with Crippen LogP contribution < -0.4 is 14.5 Å². The third kappa shape index (κ3) is 6.22. The van der Waals surface area contributed by atoms with E-state index in [1.807, 2.05) is 110 Å². The molecular weight excluding hydrogens is 820 g/mol. The SMILES string of the molecule is COc1cc(Br)cc([C@H]2C3=CC[C@@H]4C(=O)N(c5ccc(N=Nc6ccc(N(C)C)cc6)cc5)C(=O)[C@@H]4[C@@H]3C[C@H]3C(=O)C(c4ccccc4)=CC(=O)[C@@]23c2ccccc2)c1O. The van der Waals surface area contributed by atoms with E-state index in [1.165, 1.54) is 18.1 Å². The van der Waals surface area contributed by atoms with Crippen LogP contribution in [0.15, 0.2) is 154 Å². The number of anilines is 2. The van der Waals surface area contributed by atoms with E-state index in [1.54, 1.807) is 36.4 Å². The van der Waals surface area contributed by atoms with Crippen LogP contribution in [0.25, 0.3) is 5.57 Å². The van der Waals surface area contributed by atoms with Crippen LogP contribution in [0.5, 0.6) is 11.5 Å². The van der Waals surface area contributed by atoms with E-state index in [9.17, 15) is 14.7 Å². The number of phenolic OH excluding ortho intramolecular Hbond substituents is 1. The summed E-state index contributed by atoms with van der Waals surface area (Å²) < 4.78 is 6.23. The summed E-state index contributed by atoms with van der Waals surface area (Å²) in [5.74, 6) is -5.15. The Kier molecular flexibility index (Phi) is 9.94. The summed E-state index contributed by atoms with van der Waals surface area (Å²) in [5, 5.41) is 20.7. The summed E-state index contributed by atoms with van der Waals surface area (Å²) in [5.41, 5.74) is 3.85. The van der Waals surface area contributed by atoms with E-state index in [-0.39, 0.29) is 47.7 Å². The Morgan fingerprint density at radius 3 is 2.07 bits per heavy atom. The number of azo groups is 1. The van der Waals surface area contributed by atoms with Crippen molar-refractivity contribution in [2.45, 2.75) is 24.2 Å². The van der Waals surface area contributed by atoms with Crippen LogP contribution in [-0.4, -0.2) is 49.7 Å². The van der Waals surface area contributed by atoms with Crippen molar-refractivity contribution in [3.63, 3.8) is 0 Å². The highest BCUT2D eigenvalue weighted by Gasteiger charge is 2.66. The second-order valence-electron chi connectivity index (χ2n) is 16.0. The lowest BCUT2D eigenvalue weighted by Crippen LogP contribution is -2.58. The molecule has 5 aromatic rings. The maximum Gasteiger partial charge on any atom is 0.238 e. The Morgan fingerprint density at radius 1 is 0.800 bits per heavy atom. The molecule has 3 aliphatic carbocycles. The van der Waals surface area contributed by atoms with Crippen molar-refractivity contribution in [3.05, 3.63) is 160 Å². The van der Waals surface area contributed by atoms with Gasteiger partial charge in [-0.05, 0) is 96.6 Å². The molecule has 1 saturated carbocycles. The first kappa shape index (κ1) is 39.0. The first-order valence-corrected chi connectivity index (χ1v) is 20.7. The van der Waals surface area contributed by atoms with Crippen LogP contribution in [0.3, 0.4) is 0 Å². The van der Waals surface area contributed by atoms with E-state index in [2.05, 4.69) is 26.2 Å². The number of nitrogens with zero attached hydrogens (tertiary/aromatic N) is 4. The number of imide groups is 1.